The number of amides is 1. The number of halogens is 2. The molecule has 0 saturated heterocycles. The first kappa shape index (κ1) is 18.6. The molecule has 0 saturated carbocycles. The number of nitrogens with zero attached hydrogens (tertiary/aromatic N) is 3. The van der Waals surface area contributed by atoms with Crippen LogP contribution in [0.25, 0.3) is 0 Å². The van der Waals surface area contributed by atoms with Crippen molar-refractivity contribution in [2.75, 3.05) is 18.8 Å². The number of rotatable bonds is 8. The zero-order valence-electron chi connectivity index (χ0n) is 11.9. The van der Waals surface area contributed by atoms with Crippen LogP contribution in [0.3, 0.4) is 0 Å². The third-order valence-corrected chi connectivity index (χ3v) is 4.55. The second kappa shape index (κ2) is 10.3. The molecule has 0 unspecified atom stereocenters. The minimum atomic E-state index is -0.0597. The van der Waals surface area contributed by atoms with Crippen LogP contribution < -0.4 is 0 Å². The minimum absolute atomic E-state index is 0.0597. The highest BCUT2D eigenvalue weighted by Gasteiger charge is 2.13. The summed E-state index contributed by atoms with van der Waals surface area (Å²) >= 11 is 13.3. The number of hydrogen-bond acceptors (Lipinski definition) is 4. The summed E-state index contributed by atoms with van der Waals surface area (Å²) in [6.07, 6.45) is 0.545. The molecule has 1 rings (SSSR count). The molecule has 0 aliphatic carbocycles. The molecular formula is C15H15Cl2N3OS. The van der Waals surface area contributed by atoms with E-state index in [0.717, 1.165) is 5.56 Å². The van der Waals surface area contributed by atoms with Crippen molar-refractivity contribution in [3.63, 3.8) is 0 Å². The highest BCUT2D eigenvalue weighted by molar-refractivity contribution is 7.99. The molecule has 1 amide bonds. The lowest BCUT2D eigenvalue weighted by Crippen LogP contribution is -2.34. The van der Waals surface area contributed by atoms with Gasteiger partial charge in [0.05, 0.1) is 40.8 Å². The van der Waals surface area contributed by atoms with E-state index >= 15 is 0 Å². The topological polar surface area (TPSA) is 67.9 Å². The quantitative estimate of drug-likeness (QED) is 0.709. The zero-order chi connectivity index (χ0) is 16.4. The van der Waals surface area contributed by atoms with Crippen molar-refractivity contribution < 1.29 is 4.79 Å². The summed E-state index contributed by atoms with van der Waals surface area (Å²) in [7, 11) is 0. The number of carbonyl (C=O) groups is 1. The van der Waals surface area contributed by atoms with Gasteiger partial charge in [0, 0.05) is 18.8 Å². The van der Waals surface area contributed by atoms with Crippen LogP contribution in [-0.4, -0.2) is 29.6 Å². The molecule has 0 radical (unpaired) electrons. The Balaban J connectivity index is 2.46. The van der Waals surface area contributed by atoms with Crippen LogP contribution >= 0.6 is 35.0 Å². The number of hydrogen-bond donors (Lipinski definition) is 0. The van der Waals surface area contributed by atoms with Gasteiger partial charge in [-0.05, 0) is 17.7 Å². The molecule has 1 aromatic rings. The predicted molar refractivity (Wildman–Crippen MR) is 89.7 cm³/mol. The van der Waals surface area contributed by atoms with Crippen LogP contribution in [0.4, 0.5) is 0 Å². The maximum atomic E-state index is 12.1. The van der Waals surface area contributed by atoms with Gasteiger partial charge < -0.3 is 4.90 Å². The Morgan fingerprint density at radius 3 is 2.32 bits per heavy atom. The Bertz CT molecular complexity index is 577. The normalized spacial score (nSPS) is 9.82. The van der Waals surface area contributed by atoms with Gasteiger partial charge in [0.1, 0.15) is 0 Å². The van der Waals surface area contributed by atoms with Gasteiger partial charge in [-0.15, -0.1) is 11.8 Å². The van der Waals surface area contributed by atoms with Crippen LogP contribution in [0, 0.1) is 22.7 Å². The lowest BCUT2D eigenvalue weighted by Gasteiger charge is -2.20. The van der Waals surface area contributed by atoms with Gasteiger partial charge in [0.15, 0.2) is 0 Å². The largest absolute Gasteiger partial charge is 0.340 e. The second-order valence-electron chi connectivity index (χ2n) is 4.44. The van der Waals surface area contributed by atoms with E-state index in [0.29, 0.717) is 34.6 Å². The number of thioether (sulfide) groups is 1. The Kier molecular flexibility index (Phi) is 8.77. The molecule has 0 spiro atoms. The van der Waals surface area contributed by atoms with Crippen LogP contribution in [0.1, 0.15) is 18.4 Å². The molecule has 0 aliphatic rings. The SMILES string of the molecule is N#CCCN(CCC#N)C(=O)CSCc1ccc(Cl)c(Cl)c1. The Labute approximate surface area is 144 Å². The summed E-state index contributed by atoms with van der Waals surface area (Å²) in [5.74, 6) is 0.889. The molecule has 0 aromatic heterocycles. The van der Waals surface area contributed by atoms with Crippen LogP contribution in [0.15, 0.2) is 18.2 Å². The molecule has 7 heteroatoms. The molecule has 0 fully saturated rings. The van der Waals surface area contributed by atoms with Gasteiger partial charge in [0.25, 0.3) is 0 Å². The molecule has 4 nitrogen and oxygen atoms in total. The lowest BCUT2D eigenvalue weighted by atomic mass is 10.2. The van der Waals surface area contributed by atoms with Gasteiger partial charge in [-0.3, -0.25) is 4.79 Å². The number of benzene rings is 1. The van der Waals surface area contributed by atoms with E-state index in [4.69, 9.17) is 33.7 Å². The third-order valence-electron chi connectivity index (χ3n) is 2.82. The summed E-state index contributed by atoms with van der Waals surface area (Å²) in [5, 5.41) is 18.2. The van der Waals surface area contributed by atoms with E-state index < -0.39 is 0 Å². The maximum absolute atomic E-state index is 12.1. The molecule has 116 valence electrons. The number of carbonyl (C=O) groups excluding carboxylic acids is 1. The van der Waals surface area contributed by atoms with Gasteiger partial charge in [-0.25, -0.2) is 0 Å². The summed E-state index contributed by atoms with van der Waals surface area (Å²) in [5.41, 5.74) is 0.993. The summed E-state index contributed by atoms with van der Waals surface area (Å²) in [6, 6.07) is 9.41. The van der Waals surface area contributed by atoms with Crippen molar-refractivity contribution in [3.05, 3.63) is 33.8 Å². The van der Waals surface area contributed by atoms with Gasteiger partial charge >= 0.3 is 0 Å². The fourth-order valence-corrected chi connectivity index (χ4v) is 2.90. The summed E-state index contributed by atoms with van der Waals surface area (Å²) in [4.78, 5) is 13.7. The maximum Gasteiger partial charge on any atom is 0.232 e. The van der Waals surface area contributed by atoms with E-state index in [1.807, 2.05) is 18.2 Å². The first-order valence-electron chi connectivity index (χ1n) is 6.61. The van der Waals surface area contributed by atoms with Crippen molar-refractivity contribution in [2.45, 2.75) is 18.6 Å². The van der Waals surface area contributed by atoms with Crippen molar-refractivity contribution in [1.82, 2.24) is 4.90 Å². The lowest BCUT2D eigenvalue weighted by molar-refractivity contribution is -0.128. The molecule has 0 N–H and O–H groups in total. The van der Waals surface area contributed by atoms with Gasteiger partial charge in [-0.2, -0.15) is 10.5 Å². The standard InChI is InChI=1S/C15H15Cl2N3OS/c16-13-4-3-12(9-14(13)17)10-22-11-15(21)20(7-1-5-18)8-2-6-19/h3-4,9H,1-2,7-8,10-11H2. The van der Waals surface area contributed by atoms with E-state index in [1.54, 1.807) is 17.0 Å². The fraction of sp³-hybridized carbons (Fsp3) is 0.400. The van der Waals surface area contributed by atoms with Crippen molar-refractivity contribution in [2.24, 2.45) is 0 Å². The highest BCUT2D eigenvalue weighted by atomic mass is 35.5. The minimum Gasteiger partial charge on any atom is -0.340 e. The monoisotopic (exact) mass is 355 g/mol. The molecule has 0 atom stereocenters. The van der Waals surface area contributed by atoms with E-state index in [1.165, 1.54) is 11.8 Å². The molecule has 22 heavy (non-hydrogen) atoms. The predicted octanol–water partition coefficient (Wildman–Crippen LogP) is 3.88. The first-order valence-corrected chi connectivity index (χ1v) is 8.53. The van der Waals surface area contributed by atoms with Crippen molar-refractivity contribution in [1.29, 1.82) is 10.5 Å². The highest BCUT2D eigenvalue weighted by Crippen LogP contribution is 2.24. The van der Waals surface area contributed by atoms with Gasteiger partial charge in [0.2, 0.25) is 5.91 Å². The average Bonchev–Trinajstić information content (AvgIpc) is 2.51. The van der Waals surface area contributed by atoms with Gasteiger partial charge in [-0.1, -0.05) is 29.3 Å². The van der Waals surface area contributed by atoms with E-state index in [-0.39, 0.29) is 18.7 Å². The summed E-state index contributed by atoms with van der Waals surface area (Å²) in [6.45, 7) is 0.731. The van der Waals surface area contributed by atoms with E-state index in [2.05, 4.69) is 0 Å². The third kappa shape index (κ3) is 6.58. The zero-order valence-corrected chi connectivity index (χ0v) is 14.2. The van der Waals surface area contributed by atoms with Crippen molar-refractivity contribution >= 4 is 40.9 Å². The van der Waals surface area contributed by atoms with E-state index in [9.17, 15) is 4.79 Å². The molecule has 1 aromatic carbocycles. The Morgan fingerprint density at radius 1 is 1.14 bits per heavy atom. The van der Waals surface area contributed by atoms with Crippen LogP contribution in [-0.2, 0) is 10.5 Å². The second-order valence-corrected chi connectivity index (χ2v) is 6.24. The molecule has 0 heterocycles. The molecule has 0 bridgehead atoms. The Hall–Kier alpha value is -1.40. The fourth-order valence-electron chi connectivity index (χ4n) is 1.71. The Morgan fingerprint density at radius 2 is 1.77 bits per heavy atom. The molecule has 0 aliphatic heterocycles. The molecular weight excluding hydrogens is 341 g/mol. The first-order chi connectivity index (χ1) is 10.6. The summed E-state index contributed by atoms with van der Waals surface area (Å²) < 4.78 is 0. The van der Waals surface area contributed by atoms with Crippen molar-refractivity contribution in [3.8, 4) is 12.1 Å². The average molecular weight is 356 g/mol. The number of nitriles is 2. The van der Waals surface area contributed by atoms with Crippen LogP contribution in [0.5, 0.6) is 0 Å². The van der Waals surface area contributed by atoms with Crippen LogP contribution in [0.2, 0.25) is 10.0 Å². The smallest absolute Gasteiger partial charge is 0.232 e.